The Balaban J connectivity index is 3.03. The summed E-state index contributed by atoms with van der Waals surface area (Å²) in [4.78, 5) is 0.135. The minimum Gasteiger partial charge on any atom is -0.493 e. The molecule has 0 unspecified atom stereocenters. The monoisotopic (exact) mass is 257 g/mol. The highest BCUT2D eigenvalue weighted by atomic mass is 32.2. The van der Waals surface area contributed by atoms with Crippen molar-refractivity contribution in [1.82, 2.24) is 0 Å². The van der Waals surface area contributed by atoms with Gasteiger partial charge in [-0.3, -0.25) is 0 Å². The van der Waals surface area contributed by atoms with E-state index in [1.807, 2.05) is 13.8 Å². The molecule has 0 atom stereocenters. The van der Waals surface area contributed by atoms with Gasteiger partial charge < -0.3 is 4.74 Å². The standard InChI is InChI=1S/C12H19NO3S/c1-4-5-6-16-12-9(2)7-11(8-10(12)3)17(13,14)15/h7-8H,4-6H2,1-3H3,(H2,13,14,15). The van der Waals surface area contributed by atoms with Crippen molar-refractivity contribution in [3.8, 4) is 5.75 Å². The molecular formula is C12H19NO3S. The summed E-state index contributed by atoms with van der Waals surface area (Å²) in [5.41, 5.74) is 1.59. The number of unbranched alkanes of at least 4 members (excludes halogenated alkanes) is 1. The van der Waals surface area contributed by atoms with Crippen LogP contribution in [-0.4, -0.2) is 15.0 Å². The van der Waals surface area contributed by atoms with E-state index in [9.17, 15) is 8.42 Å². The molecule has 0 fully saturated rings. The number of hydrogen-bond acceptors (Lipinski definition) is 3. The highest BCUT2D eigenvalue weighted by Gasteiger charge is 2.13. The molecule has 0 amide bonds. The van der Waals surface area contributed by atoms with Crippen LogP contribution in [-0.2, 0) is 10.0 Å². The van der Waals surface area contributed by atoms with Crippen molar-refractivity contribution in [3.63, 3.8) is 0 Å². The fourth-order valence-electron chi connectivity index (χ4n) is 1.62. The van der Waals surface area contributed by atoms with Gasteiger partial charge in [0.1, 0.15) is 5.75 Å². The van der Waals surface area contributed by atoms with E-state index in [2.05, 4.69) is 6.92 Å². The van der Waals surface area contributed by atoms with E-state index in [4.69, 9.17) is 9.88 Å². The number of sulfonamides is 1. The van der Waals surface area contributed by atoms with Gasteiger partial charge in [0.25, 0.3) is 0 Å². The van der Waals surface area contributed by atoms with E-state index in [0.29, 0.717) is 6.61 Å². The molecule has 0 aliphatic rings. The zero-order chi connectivity index (χ0) is 13.1. The predicted octanol–water partition coefficient (Wildman–Crippen LogP) is 2.13. The third-order valence-electron chi connectivity index (χ3n) is 2.51. The SMILES string of the molecule is CCCCOc1c(C)cc(S(N)(=O)=O)cc1C. The number of benzene rings is 1. The molecule has 0 spiro atoms. The molecule has 17 heavy (non-hydrogen) atoms. The zero-order valence-corrected chi connectivity index (χ0v) is 11.3. The van der Waals surface area contributed by atoms with Crippen molar-refractivity contribution >= 4 is 10.0 Å². The second kappa shape index (κ2) is 5.51. The lowest BCUT2D eigenvalue weighted by Gasteiger charge is -2.13. The molecule has 0 saturated heterocycles. The molecular weight excluding hydrogens is 238 g/mol. The van der Waals surface area contributed by atoms with Crippen LogP contribution in [0.4, 0.5) is 0 Å². The molecule has 0 saturated carbocycles. The molecule has 0 aliphatic heterocycles. The van der Waals surface area contributed by atoms with Gasteiger partial charge in [-0.15, -0.1) is 0 Å². The highest BCUT2D eigenvalue weighted by Crippen LogP contribution is 2.26. The summed E-state index contributed by atoms with van der Waals surface area (Å²) in [6.07, 6.45) is 2.04. The average Bonchev–Trinajstić information content (AvgIpc) is 2.20. The Labute approximate surface area is 103 Å². The molecule has 5 heteroatoms. The number of nitrogens with two attached hydrogens (primary N) is 1. The first-order chi connectivity index (χ1) is 7.86. The van der Waals surface area contributed by atoms with Gasteiger partial charge in [0, 0.05) is 0 Å². The second-order valence-electron chi connectivity index (χ2n) is 4.13. The lowest BCUT2D eigenvalue weighted by atomic mass is 10.1. The number of primary sulfonamides is 1. The topological polar surface area (TPSA) is 69.4 Å². The molecule has 1 rings (SSSR count). The molecule has 1 aromatic rings. The molecule has 0 bridgehead atoms. The first-order valence-corrected chi connectivity index (χ1v) is 7.17. The van der Waals surface area contributed by atoms with Crippen molar-refractivity contribution in [3.05, 3.63) is 23.3 Å². The normalized spacial score (nSPS) is 11.5. The second-order valence-corrected chi connectivity index (χ2v) is 5.69. The van der Waals surface area contributed by atoms with E-state index in [1.165, 1.54) is 0 Å². The van der Waals surface area contributed by atoms with Crippen molar-refractivity contribution in [1.29, 1.82) is 0 Å². The smallest absolute Gasteiger partial charge is 0.238 e. The van der Waals surface area contributed by atoms with Crippen molar-refractivity contribution in [2.75, 3.05) is 6.61 Å². The van der Waals surface area contributed by atoms with Crippen LogP contribution in [0.15, 0.2) is 17.0 Å². The van der Waals surface area contributed by atoms with Crippen LogP contribution in [0.2, 0.25) is 0 Å². The van der Waals surface area contributed by atoms with Gasteiger partial charge in [-0.1, -0.05) is 13.3 Å². The van der Waals surface area contributed by atoms with Crippen LogP contribution in [0.3, 0.4) is 0 Å². The quantitative estimate of drug-likeness (QED) is 0.821. The van der Waals surface area contributed by atoms with Gasteiger partial charge in [-0.25, -0.2) is 13.6 Å². The van der Waals surface area contributed by atoms with Crippen molar-refractivity contribution < 1.29 is 13.2 Å². The summed E-state index contributed by atoms with van der Waals surface area (Å²) >= 11 is 0. The van der Waals surface area contributed by atoms with Crippen LogP contribution in [0.25, 0.3) is 0 Å². The van der Waals surface area contributed by atoms with Crippen LogP contribution in [0.1, 0.15) is 30.9 Å². The fraction of sp³-hybridized carbons (Fsp3) is 0.500. The van der Waals surface area contributed by atoms with E-state index >= 15 is 0 Å². The number of ether oxygens (including phenoxy) is 1. The van der Waals surface area contributed by atoms with Gasteiger partial charge >= 0.3 is 0 Å². The van der Waals surface area contributed by atoms with Gasteiger partial charge in [0.2, 0.25) is 10.0 Å². The summed E-state index contributed by atoms with van der Waals surface area (Å²) in [5, 5.41) is 5.10. The Morgan fingerprint density at radius 3 is 2.18 bits per heavy atom. The Bertz CT molecular complexity index is 471. The fourth-order valence-corrected chi connectivity index (χ4v) is 2.30. The molecule has 0 radical (unpaired) electrons. The average molecular weight is 257 g/mol. The Hall–Kier alpha value is -1.07. The molecule has 4 nitrogen and oxygen atoms in total. The Kier molecular flexibility index (Phi) is 4.54. The summed E-state index contributed by atoms with van der Waals surface area (Å²) in [5.74, 6) is 0.755. The number of hydrogen-bond donors (Lipinski definition) is 1. The first-order valence-electron chi connectivity index (χ1n) is 5.63. The molecule has 2 N–H and O–H groups in total. The van der Waals surface area contributed by atoms with Gasteiger partial charge in [0.05, 0.1) is 11.5 Å². The van der Waals surface area contributed by atoms with E-state index < -0.39 is 10.0 Å². The third-order valence-corrected chi connectivity index (χ3v) is 3.40. The van der Waals surface area contributed by atoms with Gasteiger partial charge in [-0.2, -0.15) is 0 Å². The maximum atomic E-state index is 11.2. The molecule has 0 heterocycles. The van der Waals surface area contributed by atoms with Gasteiger partial charge in [-0.05, 0) is 43.5 Å². The van der Waals surface area contributed by atoms with E-state index in [1.54, 1.807) is 12.1 Å². The maximum absolute atomic E-state index is 11.2. The van der Waals surface area contributed by atoms with Crippen molar-refractivity contribution in [2.45, 2.75) is 38.5 Å². The maximum Gasteiger partial charge on any atom is 0.238 e. The molecule has 0 aliphatic carbocycles. The number of aryl methyl sites for hydroxylation is 2. The predicted molar refractivity (Wildman–Crippen MR) is 67.7 cm³/mol. The van der Waals surface area contributed by atoms with Gasteiger partial charge in [0.15, 0.2) is 0 Å². The minimum atomic E-state index is -3.65. The lowest BCUT2D eigenvalue weighted by Crippen LogP contribution is -2.13. The molecule has 1 aromatic carbocycles. The van der Waals surface area contributed by atoms with E-state index in [0.717, 1.165) is 29.7 Å². The van der Waals surface area contributed by atoms with Crippen LogP contribution >= 0.6 is 0 Å². The van der Waals surface area contributed by atoms with Crippen LogP contribution < -0.4 is 9.88 Å². The highest BCUT2D eigenvalue weighted by molar-refractivity contribution is 7.89. The van der Waals surface area contributed by atoms with Crippen LogP contribution in [0, 0.1) is 13.8 Å². The Morgan fingerprint density at radius 1 is 1.24 bits per heavy atom. The summed E-state index contributed by atoms with van der Waals surface area (Å²) in [6, 6.07) is 3.09. The summed E-state index contributed by atoms with van der Waals surface area (Å²) in [7, 11) is -3.65. The number of rotatable bonds is 5. The summed E-state index contributed by atoms with van der Waals surface area (Å²) < 4.78 is 28.1. The van der Waals surface area contributed by atoms with E-state index in [-0.39, 0.29) is 4.90 Å². The largest absolute Gasteiger partial charge is 0.493 e. The lowest BCUT2D eigenvalue weighted by molar-refractivity contribution is 0.305. The molecule has 0 aromatic heterocycles. The van der Waals surface area contributed by atoms with Crippen molar-refractivity contribution in [2.24, 2.45) is 5.14 Å². The molecule has 96 valence electrons. The minimum absolute atomic E-state index is 0.135. The Morgan fingerprint density at radius 2 is 1.76 bits per heavy atom. The first kappa shape index (κ1) is 14.0. The summed E-state index contributed by atoms with van der Waals surface area (Å²) in [6.45, 7) is 6.38. The third kappa shape index (κ3) is 3.71. The van der Waals surface area contributed by atoms with Crippen LogP contribution in [0.5, 0.6) is 5.75 Å². The zero-order valence-electron chi connectivity index (χ0n) is 10.5.